The molecule has 0 spiro atoms. The maximum absolute atomic E-state index is 9.02. The zero-order valence-corrected chi connectivity index (χ0v) is 10.9. The van der Waals surface area contributed by atoms with Crippen molar-refractivity contribution in [1.82, 2.24) is 9.88 Å². The van der Waals surface area contributed by atoms with Crippen molar-refractivity contribution in [2.24, 2.45) is 0 Å². The molecule has 2 atom stereocenters. The molecule has 5 heteroatoms. The molecule has 2 saturated heterocycles. The lowest BCUT2D eigenvalue weighted by molar-refractivity contribution is -0.0415. The van der Waals surface area contributed by atoms with Crippen LogP contribution >= 0.6 is 0 Å². The Kier molecular flexibility index (Phi) is 3.62. The molecule has 0 saturated carbocycles. The summed E-state index contributed by atoms with van der Waals surface area (Å²) in [6.07, 6.45) is 6.08. The minimum Gasteiger partial charge on any atom is -0.380 e. The standard InChI is InChI=1S/C14H18N4O/c15-6-11-3-4-16-8-14(11)17-7-13-9-18-5-1-2-12(18)10-19-13/h3-4,8,12-13,17H,1-2,5,7,9-10H2. The number of nitrogens with one attached hydrogen (secondary N) is 1. The zero-order valence-electron chi connectivity index (χ0n) is 10.9. The molecule has 19 heavy (non-hydrogen) atoms. The van der Waals surface area contributed by atoms with E-state index in [1.165, 1.54) is 19.4 Å². The van der Waals surface area contributed by atoms with E-state index in [1.807, 2.05) is 0 Å². The van der Waals surface area contributed by atoms with E-state index in [4.69, 9.17) is 10.00 Å². The molecule has 0 radical (unpaired) electrons. The molecule has 3 heterocycles. The van der Waals surface area contributed by atoms with E-state index < -0.39 is 0 Å². The molecule has 0 amide bonds. The summed E-state index contributed by atoms with van der Waals surface area (Å²) >= 11 is 0. The zero-order chi connectivity index (χ0) is 13.1. The Morgan fingerprint density at radius 1 is 1.58 bits per heavy atom. The summed E-state index contributed by atoms with van der Waals surface area (Å²) in [6.45, 7) is 3.74. The van der Waals surface area contributed by atoms with Crippen LogP contribution in [0, 0.1) is 11.3 Å². The third kappa shape index (κ3) is 2.70. The second kappa shape index (κ2) is 5.55. The van der Waals surface area contributed by atoms with Crippen LogP contribution in [0.5, 0.6) is 0 Å². The van der Waals surface area contributed by atoms with Gasteiger partial charge in [-0.3, -0.25) is 9.88 Å². The lowest BCUT2D eigenvalue weighted by atomic mass is 10.2. The first-order valence-corrected chi connectivity index (χ1v) is 6.80. The van der Waals surface area contributed by atoms with Crippen molar-refractivity contribution >= 4 is 5.69 Å². The molecule has 2 aliphatic rings. The van der Waals surface area contributed by atoms with Gasteiger partial charge in [-0.2, -0.15) is 5.26 Å². The second-order valence-electron chi connectivity index (χ2n) is 5.16. The third-order valence-corrected chi connectivity index (χ3v) is 3.92. The predicted octanol–water partition coefficient (Wildman–Crippen LogP) is 1.23. The SMILES string of the molecule is N#Cc1ccncc1NCC1CN2CCCC2CO1. The molecule has 3 rings (SSSR count). The number of hydrogen-bond donors (Lipinski definition) is 1. The highest BCUT2D eigenvalue weighted by Gasteiger charge is 2.31. The van der Waals surface area contributed by atoms with E-state index >= 15 is 0 Å². The maximum atomic E-state index is 9.02. The molecule has 100 valence electrons. The lowest BCUT2D eigenvalue weighted by Gasteiger charge is -2.35. The first-order chi connectivity index (χ1) is 9.36. The van der Waals surface area contributed by atoms with Crippen molar-refractivity contribution in [1.29, 1.82) is 5.26 Å². The highest BCUT2D eigenvalue weighted by atomic mass is 16.5. The van der Waals surface area contributed by atoms with Crippen molar-refractivity contribution < 1.29 is 4.74 Å². The topological polar surface area (TPSA) is 61.2 Å². The maximum Gasteiger partial charge on any atom is 0.101 e. The fourth-order valence-electron chi connectivity index (χ4n) is 2.87. The summed E-state index contributed by atoms with van der Waals surface area (Å²) in [4.78, 5) is 6.56. The number of nitriles is 1. The summed E-state index contributed by atoms with van der Waals surface area (Å²) < 4.78 is 5.88. The average molecular weight is 258 g/mol. The molecule has 1 aromatic rings. The Morgan fingerprint density at radius 2 is 2.53 bits per heavy atom. The summed E-state index contributed by atoms with van der Waals surface area (Å²) in [6, 6.07) is 4.52. The summed E-state index contributed by atoms with van der Waals surface area (Å²) in [5.41, 5.74) is 1.42. The van der Waals surface area contributed by atoms with Crippen LogP contribution in [0.2, 0.25) is 0 Å². The molecular weight excluding hydrogens is 240 g/mol. The Morgan fingerprint density at radius 3 is 3.42 bits per heavy atom. The number of fused-ring (bicyclic) bond motifs is 1. The monoisotopic (exact) mass is 258 g/mol. The third-order valence-electron chi connectivity index (χ3n) is 3.92. The molecule has 5 nitrogen and oxygen atoms in total. The van der Waals surface area contributed by atoms with Crippen LogP contribution in [0.4, 0.5) is 5.69 Å². The van der Waals surface area contributed by atoms with E-state index in [1.54, 1.807) is 18.5 Å². The minimum atomic E-state index is 0.195. The van der Waals surface area contributed by atoms with Gasteiger partial charge in [0.15, 0.2) is 0 Å². The van der Waals surface area contributed by atoms with E-state index in [2.05, 4.69) is 21.3 Å². The Labute approximate surface area is 113 Å². The highest BCUT2D eigenvalue weighted by molar-refractivity contribution is 5.55. The van der Waals surface area contributed by atoms with E-state index in [0.29, 0.717) is 11.6 Å². The van der Waals surface area contributed by atoms with Crippen LogP contribution in [-0.2, 0) is 4.74 Å². The van der Waals surface area contributed by atoms with Gasteiger partial charge in [0.2, 0.25) is 0 Å². The highest BCUT2D eigenvalue weighted by Crippen LogP contribution is 2.23. The number of pyridine rings is 1. The van der Waals surface area contributed by atoms with E-state index in [-0.39, 0.29) is 6.10 Å². The van der Waals surface area contributed by atoms with Gasteiger partial charge in [-0.05, 0) is 25.5 Å². The molecule has 0 bridgehead atoms. The molecule has 2 aliphatic heterocycles. The lowest BCUT2D eigenvalue weighted by Crippen LogP contribution is -2.48. The number of hydrogen-bond acceptors (Lipinski definition) is 5. The molecule has 1 aromatic heterocycles. The van der Waals surface area contributed by atoms with Crippen molar-refractivity contribution in [2.75, 3.05) is 31.6 Å². The van der Waals surface area contributed by atoms with E-state index in [0.717, 1.165) is 25.4 Å². The van der Waals surface area contributed by atoms with Crippen molar-refractivity contribution in [3.05, 3.63) is 24.0 Å². The first kappa shape index (κ1) is 12.4. The largest absolute Gasteiger partial charge is 0.380 e. The molecular formula is C14H18N4O. The quantitative estimate of drug-likeness (QED) is 0.883. The van der Waals surface area contributed by atoms with E-state index in [9.17, 15) is 0 Å². The van der Waals surface area contributed by atoms with Crippen molar-refractivity contribution in [3.63, 3.8) is 0 Å². The van der Waals surface area contributed by atoms with Gasteiger partial charge in [0.1, 0.15) is 6.07 Å². The molecule has 2 unspecified atom stereocenters. The average Bonchev–Trinajstić information content (AvgIpc) is 2.93. The van der Waals surface area contributed by atoms with Crippen LogP contribution in [0.3, 0.4) is 0 Å². The summed E-state index contributed by atoms with van der Waals surface area (Å²) in [5, 5.41) is 12.3. The number of aromatic nitrogens is 1. The fourth-order valence-corrected chi connectivity index (χ4v) is 2.87. The smallest absolute Gasteiger partial charge is 0.101 e. The van der Waals surface area contributed by atoms with Crippen LogP contribution in [-0.4, -0.2) is 48.3 Å². The summed E-state index contributed by atoms with van der Waals surface area (Å²) in [7, 11) is 0. The van der Waals surface area contributed by atoms with Crippen molar-refractivity contribution in [3.8, 4) is 6.07 Å². The Bertz CT molecular complexity index is 485. The number of morpholine rings is 1. The van der Waals surface area contributed by atoms with Gasteiger partial charge in [-0.1, -0.05) is 0 Å². The number of ether oxygens (including phenoxy) is 1. The van der Waals surface area contributed by atoms with Gasteiger partial charge in [0.05, 0.1) is 30.2 Å². The van der Waals surface area contributed by atoms with Crippen LogP contribution in [0.1, 0.15) is 18.4 Å². The van der Waals surface area contributed by atoms with Gasteiger partial charge in [-0.15, -0.1) is 0 Å². The normalized spacial score (nSPS) is 26.7. The molecule has 0 aliphatic carbocycles. The van der Waals surface area contributed by atoms with Gasteiger partial charge in [-0.25, -0.2) is 0 Å². The van der Waals surface area contributed by atoms with Gasteiger partial charge >= 0.3 is 0 Å². The van der Waals surface area contributed by atoms with Crippen molar-refractivity contribution in [2.45, 2.75) is 25.0 Å². The van der Waals surface area contributed by atoms with Gasteiger partial charge in [0.25, 0.3) is 0 Å². The summed E-state index contributed by atoms with van der Waals surface area (Å²) in [5.74, 6) is 0. The molecule has 0 aromatic carbocycles. The van der Waals surface area contributed by atoms with Gasteiger partial charge in [0, 0.05) is 25.3 Å². The minimum absolute atomic E-state index is 0.195. The van der Waals surface area contributed by atoms with Crippen LogP contribution in [0.25, 0.3) is 0 Å². The van der Waals surface area contributed by atoms with Gasteiger partial charge < -0.3 is 10.1 Å². The molecule has 1 N–H and O–H groups in total. The number of nitrogens with zero attached hydrogens (tertiary/aromatic N) is 3. The number of anilines is 1. The van der Waals surface area contributed by atoms with Crippen LogP contribution in [0.15, 0.2) is 18.5 Å². The van der Waals surface area contributed by atoms with Crippen LogP contribution < -0.4 is 5.32 Å². The molecule has 2 fully saturated rings. The Hall–Kier alpha value is -1.64. The Balaban J connectivity index is 1.56. The predicted molar refractivity (Wildman–Crippen MR) is 71.8 cm³/mol. The fraction of sp³-hybridized carbons (Fsp3) is 0.571. The number of rotatable bonds is 3. The first-order valence-electron chi connectivity index (χ1n) is 6.80. The second-order valence-corrected chi connectivity index (χ2v) is 5.16.